The zero-order valence-corrected chi connectivity index (χ0v) is 16.3. The molecule has 2 heterocycles. The van der Waals surface area contributed by atoms with E-state index in [1.807, 2.05) is 29.8 Å². The largest absolute Gasteiger partial charge is 0.324 e. The lowest BCUT2D eigenvalue weighted by Gasteiger charge is -2.07. The molecular weight excluding hydrogens is 426 g/mol. The predicted molar refractivity (Wildman–Crippen MR) is 103 cm³/mol. The molecule has 0 atom stereocenters. The molecule has 0 radical (unpaired) electrons. The summed E-state index contributed by atoms with van der Waals surface area (Å²) in [6, 6.07) is 9.02. The first-order chi connectivity index (χ1) is 12.0. The number of amides is 1. The van der Waals surface area contributed by atoms with Crippen LogP contribution in [0.3, 0.4) is 0 Å². The zero-order chi connectivity index (χ0) is 17.8. The van der Waals surface area contributed by atoms with Crippen LogP contribution < -0.4 is 5.32 Å². The van der Waals surface area contributed by atoms with Crippen LogP contribution in [0.25, 0.3) is 11.4 Å². The standard InChI is InChI=1S/C16H13BrClN5OS/c1-23-15(10-4-6-19-7-5-10)21-22-16(23)25-9-14(24)20-13-3-2-11(17)8-12(13)18/h2-8H,9H2,1H3,(H,20,24). The summed E-state index contributed by atoms with van der Waals surface area (Å²) < 4.78 is 2.70. The number of hydrogen-bond donors (Lipinski definition) is 1. The molecule has 2 aromatic heterocycles. The van der Waals surface area contributed by atoms with Crippen LogP contribution in [0.1, 0.15) is 0 Å². The maximum atomic E-state index is 12.1. The number of anilines is 1. The van der Waals surface area contributed by atoms with Crippen molar-refractivity contribution in [3.63, 3.8) is 0 Å². The highest BCUT2D eigenvalue weighted by molar-refractivity contribution is 9.10. The highest BCUT2D eigenvalue weighted by Crippen LogP contribution is 2.26. The average molecular weight is 439 g/mol. The number of carbonyl (C=O) groups is 1. The van der Waals surface area contributed by atoms with Crippen LogP contribution in [-0.2, 0) is 11.8 Å². The molecule has 0 unspecified atom stereocenters. The summed E-state index contributed by atoms with van der Waals surface area (Å²) in [5.74, 6) is 0.762. The van der Waals surface area contributed by atoms with Gasteiger partial charge in [0.15, 0.2) is 11.0 Å². The van der Waals surface area contributed by atoms with Crippen LogP contribution in [0.5, 0.6) is 0 Å². The normalized spacial score (nSPS) is 10.7. The highest BCUT2D eigenvalue weighted by atomic mass is 79.9. The molecule has 0 saturated carbocycles. The summed E-state index contributed by atoms with van der Waals surface area (Å²) in [6.07, 6.45) is 3.40. The minimum absolute atomic E-state index is 0.164. The molecule has 25 heavy (non-hydrogen) atoms. The molecule has 0 aliphatic heterocycles. The Morgan fingerprint density at radius 1 is 1.28 bits per heavy atom. The second-order valence-electron chi connectivity index (χ2n) is 5.06. The van der Waals surface area contributed by atoms with E-state index in [0.717, 1.165) is 15.9 Å². The average Bonchev–Trinajstić information content (AvgIpc) is 2.97. The van der Waals surface area contributed by atoms with Gasteiger partial charge in [0.1, 0.15) is 0 Å². The fourth-order valence-corrected chi connectivity index (χ4v) is 3.53. The van der Waals surface area contributed by atoms with Crippen molar-refractivity contribution in [1.29, 1.82) is 0 Å². The number of halogens is 2. The summed E-state index contributed by atoms with van der Waals surface area (Å²) in [5.41, 5.74) is 1.49. The van der Waals surface area contributed by atoms with Gasteiger partial charge in [0.2, 0.25) is 5.91 Å². The molecule has 0 aliphatic rings. The molecule has 9 heteroatoms. The van der Waals surface area contributed by atoms with E-state index < -0.39 is 0 Å². The van der Waals surface area contributed by atoms with Crippen molar-refractivity contribution in [2.45, 2.75) is 5.16 Å². The summed E-state index contributed by atoms with van der Waals surface area (Å²) in [6.45, 7) is 0. The number of thioether (sulfide) groups is 1. The van der Waals surface area contributed by atoms with E-state index in [1.165, 1.54) is 11.8 Å². The minimum atomic E-state index is -0.164. The molecule has 0 saturated heterocycles. The Balaban J connectivity index is 1.64. The van der Waals surface area contributed by atoms with Crippen molar-refractivity contribution < 1.29 is 4.79 Å². The van der Waals surface area contributed by atoms with E-state index in [0.29, 0.717) is 15.9 Å². The molecule has 0 bridgehead atoms. The Morgan fingerprint density at radius 3 is 2.76 bits per heavy atom. The molecule has 1 amide bonds. The van der Waals surface area contributed by atoms with Crippen molar-refractivity contribution in [2.75, 3.05) is 11.1 Å². The molecule has 0 spiro atoms. The van der Waals surface area contributed by atoms with Crippen molar-refractivity contribution in [3.05, 3.63) is 52.2 Å². The van der Waals surface area contributed by atoms with Crippen LogP contribution in [-0.4, -0.2) is 31.4 Å². The van der Waals surface area contributed by atoms with Crippen LogP contribution in [0, 0.1) is 0 Å². The lowest BCUT2D eigenvalue weighted by atomic mass is 10.2. The van der Waals surface area contributed by atoms with E-state index in [1.54, 1.807) is 24.5 Å². The van der Waals surface area contributed by atoms with Gasteiger partial charge in [0, 0.05) is 29.5 Å². The topological polar surface area (TPSA) is 72.7 Å². The monoisotopic (exact) mass is 437 g/mol. The van der Waals surface area contributed by atoms with Crippen molar-refractivity contribution in [2.24, 2.45) is 7.05 Å². The van der Waals surface area contributed by atoms with Gasteiger partial charge in [-0.05, 0) is 30.3 Å². The number of nitrogens with one attached hydrogen (secondary N) is 1. The maximum Gasteiger partial charge on any atom is 0.234 e. The fourth-order valence-electron chi connectivity index (χ4n) is 2.10. The van der Waals surface area contributed by atoms with Gasteiger partial charge in [-0.25, -0.2) is 0 Å². The molecule has 0 aliphatic carbocycles. The molecule has 6 nitrogen and oxygen atoms in total. The molecular formula is C16H13BrClN5OS. The Hall–Kier alpha value is -1.90. The number of carbonyl (C=O) groups excluding carboxylic acids is 1. The SMILES string of the molecule is Cn1c(SCC(=O)Nc2ccc(Br)cc2Cl)nnc1-c1ccncc1. The Kier molecular flexibility index (Phi) is 5.72. The van der Waals surface area contributed by atoms with Crippen LogP contribution in [0.4, 0.5) is 5.69 Å². The lowest BCUT2D eigenvalue weighted by molar-refractivity contribution is -0.113. The van der Waals surface area contributed by atoms with Gasteiger partial charge in [-0.3, -0.25) is 9.78 Å². The third kappa shape index (κ3) is 4.39. The molecule has 0 fully saturated rings. The van der Waals surface area contributed by atoms with Gasteiger partial charge < -0.3 is 9.88 Å². The summed E-state index contributed by atoms with van der Waals surface area (Å²) in [4.78, 5) is 16.1. The van der Waals surface area contributed by atoms with Crippen LogP contribution >= 0.6 is 39.3 Å². The van der Waals surface area contributed by atoms with Gasteiger partial charge in [0.05, 0.1) is 16.5 Å². The van der Waals surface area contributed by atoms with Crippen LogP contribution in [0.2, 0.25) is 5.02 Å². The fraction of sp³-hybridized carbons (Fsp3) is 0.125. The van der Waals surface area contributed by atoms with Gasteiger partial charge >= 0.3 is 0 Å². The maximum absolute atomic E-state index is 12.1. The highest BCUT2D eigenvalue weighted by Gasteiger charge is 2.13. The number of benzene rings is 1. The van der Waals surface area contributed by atoms with Crippen LogP contribution in [0.15, 0.2) is 52.4 Å². The van der Waals surface area contributed by atoms with E-state index in [-0.39, 0.29) is 11.7 Å². The second-order valence-corrected chi connectivity index (χ2v) is 7.33. The number of aromatic nitrogens is 4. The lowest BCUT2D eigenvalue weighted by Crippen LogP contribution is -2.14. The first kappa shape index (κ1) is 17.9. The van der Waals surface area contributed by atoms with Crippen molar-refractivity contribution in [1.82, 2.24) is 19.7 Å². The van der Waals surface area contributed by atoms with E-state index in [9.17, 15) is 4.79 Å². The van der Waals surface area contributed by atoms with Gasteiger partial charge in [-0.1, -0.05) is 39.3 Å². The van der Waals surface area contributed by atoms with E-state index >= 15 is 0 Å². The summed E-state index contributed by atoms with van der Waals surface area (Å²) in [5, 5.41) is 12.2. The van der Waals surface area contributed by atoms with Crippen molar-refractivity contribution in [3.8, 4) is 11.4 Å². The Bertz CT molecular complexity index is 903. The summed E-state index contributed by atoms with van der Waals surface area (Å²) in [7, 11) is 1.86. The van der Waals surface area contributed by atoms with Gasteiger partial charge in [-0.15, -0.1) is 10.2 Å². The Morgan fingerprint density at radius 2 is 2.04 bits per heavy atom. The third-order valence-electron chi connectivity index (χ3n) is 3.31. The van der Waals surface area contributed by atoms with Gasteiger partial charge in [0.25, 0.3) is 0 Å². The number of pyridine rings is 1. The number of nitrogens with zero attached hydrogens (tertiary/aromatic N) is 4. The molecule has 3 rings (SSSR count). The first-order valence-corrected chi connectivity index (χ1v) is 9.38. The predicted octanol–water partition coefficient (Wildman–Crippen LogP) is 4.02. The zero-order valence-electron chi connectivity index (χ0n) is 13.1. The van der Waals surface area contributed by atoms with Crippen molar-refractivity contribution >= 4 is 50.9 Å². The molecule has 1 aromatic carbocycles. The smallest absolute Gasteiger partial charge is 0.234 e. The first-order valence-electron chi connectivity index (χ1n) is 7.22. The minimum Gasteiger partial charge on any atom is -0.324 e. The third-order valence-corrected chi connectivity index (χ3v) is 5.14. The van der Waals surface area contributed by atoms with E-state index in [2.05, 4.69) is 36.4 Å². The molecule has 128 valence electrons. The van der Waals surface area contributed by atoms with Gasteiger partial charge in [-0.2, -0.15) is 0 Å². The summed E-state index contributed by atoms with van der Waals surface area (Å²) >= 11 is 10.7. The quantitative estimate of drug-likeness (QED) is 0.609. The van der Waals surface area contributed by atoms with E-state index in [4.69, 9.17) is 11.6 Å². The molecule has 3 aromatic rings. The molecule has 1 N–H and O–H groups in total. The second kappa shape index (κ2) is 7.99. The number of rotatable bonds is 5. The Labute approximate surface area is 162 Å². The number of hydrogen-bond acceptors (Lipinski definition) is 5.